The maximum Gasteiger partial charge on any atom is 0.311 e. The Balaban J connectivity index is 3.45. The fourth-order valence-electron chi connectivity index (χ4n) is 0.585. The van der Waals surface area contributed by atoms with Crippen LogP contribution in [0.25, 0.3) is 0 Å². The fraction of sp³-hybridized carbons (Fsp3) is 0.889. The first-order chi connectivity index (χ1) is 5.48. The van der Waals surface area contributed by atoms with Gasteiger partial charge in [0, 0.05) is 5.75 Å². The quantitative estimate of drug-likeness (QED) is 0.502. The molecule has 0 aliphatic rings. The van der Waals surface area contributed by atoms with Crippen LogP contribution in [0.2, 0.25) is 0 Å². The van der Waals surface area contributed by atoms with Gasteiger partial charge in [0.15, 0.2) is 0 Å². The van der Waals surface area contributed by atoms with Gasteiger partial charge in [0.1, 0.15) is 0 Å². The van der Waals surface area contributed by atoms with Crippen molar-refractivity contribution >= 4 is 18.6 Å². The van der Waals surface area contributed by atoms with Crippen LogP contribution in [0.15, 0.2) is 0 Å². The molecule has 0 aromatic rings. The molecule has 0 rings (SSSR count). The van der Waals surface area contributed by atoms with E-state index in [2.05, 4.69) is 0 Å². The van der Waals surface area contributed by atoms with Gasteiger partial charge in [-0.05, 0) is 33.6 Å². The van der Waals surface area contributed by atoms with E-state index >= 15 is 0 Å². The molecule has 0 bridgehead atoms. The van der Waals surface area contributed by atoms with Gasteiger partial charge >= 0.3 is 5.97 Å². The second kappa shape index (κ2) is 5.46. The van der Waals surface area contributed by atoms with Gasteiger partial charge < -0.3 is 4.74 Å². The number of carbonyl (C=O) groups excluding carboxylic acids is 1. The van der Waals surface area contributed by atoms with Crippen molar-refractivity contribution < 1.29 is 9.53 Å². The average Bonchev–Trinajstić information content (AvgIpc) is 1.96. The van der Waals surface area contributed by atoms with Crippen molar-refractivity contribution in [1.29, 1.82) is 0 Å². The fourth-order valence-corrected chi connectivity index (χ4v) is 0.790. The van der Waals surface area contributed by atoms with Crippen molar-refractivity contribution in [3.05, 3.63) is 0 Å². The van der Waals surface area contributed by atoms with Crippen molar-refractivity contribution in [2.24, 2.45) is 5.41 Å². The standard InChI is InChI=1S/C9H17O2S/c1-9(2,3)8(10)11-6-4-5-7-12/h4-7H2,1-3H3. The highest BCUT2D eigenvalue weighted by atomic mass is 32.1. The van der Waals surface area contributed by atoms with Crippen LogP contribution in [0.1, 0.15) is 33.6 Å². The average molecular weight is 189 g/mol. The predicted octanol–water partition coefficient (Wildman–Crippen LogP) is 2.55. The van der Waals surface area contributed by atoms with E-state index in [-0.39, 0.29) is 11.4 Å². The summed E-state index contributed by atoms with van der Waals surface area (Å²) in [5.41, 5.74) is -0.381. The lowest BCUT2D eigenvalue weighted by Gasteiger charge is -2.16. The van der Waals surface area contributed by atoms with Crippen LogP contribution in [0.5, 0.6) is 0 Å². The van der Waals surface area contributed by atoms with Crippen molar-refractivity contribution in [2.45, 2.75) is 33.6 Å². The maximum absolute atomic E-state index is 11.2. The third-order valence-corrected chi connectivity index (χ3v) is 1.67. The van der Waals surface area contributed by atoms with Crippen LogP contribution in [0, 0.1) is 5.41 Å². The molecule has 0 N–H and O–H groups in total. The summed E-state index contributed by atoms with van der Waals surface area (Å²) >= 11 is 4.76. The topological polar surface area (TPSA) is 26.3 Å². The largest absolute Gasteiger partial charge is 0.465 e. The Morgan fingerprint density at radius 2 is 1.92 bits per heavy atom. The molecule has 0 unspecified atom stereocenters. The minimum Gasteiger partial charge on any atom is -0.465 e. The van der Waals surface area contributed by atoms with Crippen molar-refractivity contribution in [2.75, 3.05) is 12.4 Å². The van der Waals surface area contributed by atoms with Crippen LogP contribution >= 0.6 is 12.6 Å². The van der Waals surface area contributed by atoms with Gasteiger partial charge in [-0.25, -0.2) is 0 Å². The first-order valence-electron chi connectivity index (χ1n) is 4.24. The van der Waals surface area contributed by atoms with E-state index in [0.29, 0.717) is 6.61 Å². The molecule has 0 saturated carbocycles. The summed E-state index contributed by atoms with van der Waals surface area (Å²) in [6, 6.07) is 0. The van der Waals surface area contributed by atoms with E-state index in [1.807, 2.05) is 20.8 Å². The van der Waals surface area contributed by atoms with Gasteiger partial charge in [0.2, 0.25) is 0 Å². The van der Waals surface area contributed by atoms with Gasteiger partial charge in [0.25, 0.3) is 0 Å². The summed E-state index contributed by atoms with van der Waals surface area (Å²) in [6.07, 6.45) is 1.83. The van der Waals surface area contributed by atoms with Crippen LogP contribution < -0.4 is 0 Å². The molecule has 0 saturated heterocycles. The molecule has 0 aliphatic carbocycles. The number of unbranched alkanes of at least 4 members (excludes halogenated alkanes) is 1. The first kappa shape index (κ1) is 11.8. The van der Waals surface area contributed by atoms with E-state index in [1.165, 1.54) is 0 Å². The molecule has 0 amide bonds. The zero-order chi connectivity index (χ0) is 9.61. The summed E-state index contributed by atoms with van der Waals surface area (Å²) in [7, 11) is 0. The van der Waals surface area contributed by atoms with Crippen molar-refractivity contribution in [3.63, 3.8) is 0 Å². The molecule has 12 heavy (non-hydrogen) atoms. The lowest BCUT2D eigenvalue weighted by atomic mass is 9.97. The van der Waals surface area contributed by atoms with Crippen LogP contribution in [0.4, 0.5) is 0 Å². The first-order valence-corrected chi connectivity index (χ1v) is 4.81. The number of rotatable bonds is 4. The lowest BCUT2D eigenvalue weighted by molar-refractivity contribution is -0.153. The lowest BCUT2D eigenvalue weighted by Crippen LogP contribution is -2.23. The highest BCUT2D eigenvalue weighted by Gasteiger charge is 2.22. The number of esters is 1. The molecule has 0 heterocycles. The van der Waals surface area contributed by atoms with Crippen LogP contribution in [0.3, 0.4) is 0 Å². The second-order valence-electron chi connectivity index (χ2n) is 3.80. The summed E-state index contributed by atoms with van der Waals surface area (Å²) in [5, 5.41) is 0. The number of ether oxygens (including phenoxy) is 1. The highest BCUT2D eigenvalue weighted by Crippen LogP contribution is 2.15. The van der Waals surface area contributed by atoms with Gasteiger partial charge in [-0.15, -0.1) is 0 Å². The monoisotopic (exact) mass is 189 g/mol. The molecule has 0 aromatic heterocycles. The Morgan fingerprint density at radius 3 is 2.33 bits per heavy atom. The molecule has 0 fully saturated rings. The molecule has 0 aromatic carbocycles. The Morgan fingerprint density at radius 1 is 1.33 bits per heavy atom. The molecule has 3 heteroatoms. The SMILES string of the molecule is CC(C)(C)C(=O)OCCCC[S]. The molecule has 1 radical (unpaired) electrons. The summed E-state index contributed by atoms with van der Waals surface area (Å²) < 4.78 is 5.02. The third-order valence-electron chi connectivity index (χ3n) is 1.38. The van der Waals surface area contributed by atoms with Crippen molar-refractivity contribution in [1.82, 2.24) is 0 Å². The zero-order valence-electron chi connectivity index (χ0n) is 8.05. The Hall–Kier alpha value is -0.180. The number of hydrogen-bond donors (Lipinski definition) is 0. The molecule has 71 valence electrons. The summed E-state index contributed by atoms with van der Waals surface area (Å²) in [4.78, 5) is 11.2. The predicted molar refractivity (Wildman–Crippen MR) is 52.1 cm³/mol. The summed E-state index contributed by atoms with van der Waals surface area (Å²) in [6.45, 7) is 6.06. The Labute approximate surface area is 80.1 Å². The smallest absolute Gasteiger partial charge is 0.311 e. The van der Waals surface area contributed by atoms with Gasteiger partial charge in [0.05, 0.1) is 12.0 Å². The molecule has 0 atom stereocenters. The third kappa shape index (κ3) is 5.47. The van der Waals surface area contributed by atoms with E-state index in [0.717, 1.165) is 18.6 Å². The molecular weight excluding hydrogens is 172 g/mol. The molecular formula is C9H17O2S. The number of carbonyl (C=O) groups is 1. The van der Waals surface area contributed by atoms with E-state index in [1.54, 1.807) is 0 Å². The molecule has 0 spiro atoms. The van der Waals surface area contributed by atoms with E-state index < -0.39 is 0 Å². The molecule has 2 nitrogen and oxygen atoms in total. The minimum absolute atomic E-state index is 0.133. The molecule has 0 aliphatic heterocycles. The summed E-state index contributed by atoms with van der Waals surface area (Å²) in [5.74, 6) is 0.611. The number of hydrogen-bond acceptors (Lipinski definition) is 2. The Kier molecular flexibility index (Phi) is 5.38. The van der Waals surface area contributed by atoms with E-state index in [9.17, 15) is 4.79 Å². The van der Waals surface area contributed by atoms with Gasteiger partial charge in [-0.2, -0.15) is 0 Å². The zero-order valence-corrected chi connectivity index (χ0v) is 8.87. The maximum atomic E-state index is 11.2. The highest BCUT2D eigenvalue weighted by molar-refractivity contribution is 7.80. The van der Waals surface area contributed by atoms with Gasteiger partial charge in [-0.1, -0.05) is 12.6 Å². The van der Waals surface area contributed by atoms with E-state index in [4.69, 9.17) is 17.4 Å². The van der Waals surface area contributed by atoms with Crippen LogP contribution in [-0.4, -0.2) is 18.3 Å². The minimum atomic E-state index is -0.381. The van der Waals surface area contributed by atoms with Crippen molar-refractivity contribution in [3.8, 4) is 0 Å². The van der Waals surface area contributed by atoms with Gasteiger partial charge in [-0.3, -0.25) is 4.79 Å². The van der Waals surface area contributed by atoms with Crippen LogP contribution in [-0.2, 0) is 9.53 Å². The normalized spacial score (nSPS) is 11.3. The second-order valence-corrected chi connectivity index (χ2v) is 4.21. The Bertz CT molecular complexity index is 138.